The average molecular weight is 310 g/mol. The summed E-state index contributed by atoms with van der Waals surface area (Å²) < 4.78 is 4.21. The zero-order valence-corrected chi connectivity index (χ0v) is 14.0. The van der Waals surface area contributed by atoms with E-state index in [9.17, 15) is 4.79 Å². The molecule has 2 rings (SSSR count). The molecule has 1 fully saturated rings. The monoisotopic (exact) mass is 310 g/mol. The van der Waals surface area contributed by atoms with Gasteiger partial charge in [0, 0.05) is 19.1 Å². The van der Waals surface area contributed by atoms with Crippen LogP contribution < -0.4 is 16.0 Å². The van der Waals surface area contributed by atoms with Crippen molar-refractivity contribution in [1.29, 1.82) is 0 Å². The molecule has 3 N–H and O–H groups in total. The minimum Gasteiger partial charge on any atom is -0.382 e. The normalized spacial score (nSPS) is 19.6. The summed E-state index contributed by atoms with van der Waals surface area (Å²) in [5.41, 5.74) is 6.49. The first-order valence-corrected chi connectivity index (χ1v) is 8.61. The lowest BCUT2D eigenvalue weighted by molar-refractivity contribution is 0.0944. The Bertz CT molecular complexity index is 486. The minimum atomic E-state index is -0.109. The van der Waals surface area contributed by atoms with Crippen LogP contribution in [0.5, 0.6) is 0 Å². The van der Waals surface area contributed by atoms with Gasteiger partial charge in [-0.2, -0.15) is 4.37 Å². The van der Waals surface area contributed by atoms with E-state index in [2.05, 4.69) is 21.5 Å². The van der Waals surface area contributed by atoms with E-state index in [-0.39, 0.29) is 11.9 Å². The molecule has 0 aliphatic carbocycles. The van der Waals surface area contributed by atoms with E-state index in [0.717, 1.165) is 24.0 Å². The second-order valence-corrected chi connectivity index (χ2v) is 6.82. The lowest BCUT2D eigenvalue weighted by Gasteiger charge is -2.22. The van der Waals surface area contributed by atoms with Crippen LogP contribution in [0.3, 0.4) is 0 Å². The van der Waals surface area contributed by atoms with E-state index >= 15 is 0 Å². The molecule has 1 atom stereocenters. The van der Waals surface area contributed by atoms with Crippen molar-refractivity contribution in [2.24, 2.45) is 5.92 Å². The maximum atomic E-state index is 12.4. The molecule has 21 heavy (non-hydrogen) atoms. The van der Waals surface area contributed by atoms with Crippen LogP contribution in [0.2, 0.25) is 0 Å². The first kappa shape index (κ1) is 16.1. The van der Waals surface area contributed by atoms with Crippen molar-refractivity contribution in [1.82, 2.24) is 9.69 Å². The van der Waals surface area contributed by atoms with E-state index in [0.29, 0.717) is 11.4 Å². The molecule has 0 aromatic carbocycles. The fourth-order valence-corrected chi connectivity index (χ4v) is 3.70. The van der Waals surface area contributed by atoms with Crippen LogP contribution in [-0.4, -0.2) is 29.4 Å². The number of hydrogen-bond acceptors (Lipinski definition) is 5. The van der Waals surface area contributed by atoms with E-state index in [4.69, 9.17) is 5.73 Å². The molecule has 118 valence electrons. The third-order valence-corrected chi connectivity index (χ3v) is 4.98. The van der Waals surface area contributed by atoms with Gasteiger partial charge < -0.3 is 16.0 Å². The molecule has 0 saturated carbocycles. The smallest absolute Gasteiger partial charge is 0.258 e. The number of nitrogens with one attached hydrogen (secondary N) is 1. The Morgan fingerprint density at radius 1 is 1.48 bits per heavy atom. The molecular formula is C15H26N4OS. The van der Waals surface area contributed by atoms with Crippen molar-refractivity contribution in [2.75, 3.05) is 23.7 Å². The highest BCUT2D eigenvalue weighted by Crippen LogP contribution is 2.33. The minimum absolute atomic E-state index is 0.0956. The number of nitrogens with zero attached hydrogens (tertiary/aromatic N) is 2. The molecule has 1 unspecified atom stereocenters. The number of rotatable bonds is 4. The zero-order chi connectivity index (χ0) is 15.4. The summed E-state index contributed by atoms with van der Waals surface area (Å²) in [6.45, 7) is 8.13. The van der Waals surface area contributed by atoms with Crippen LogP contribution in [0.4, 0.5) is 10.8 Å². The Labute approximate surface area is 131 Å². The van der Waals surface area contributed by atoms with Gasteiger partial charge in [0.1, 0.15) is 10.6 Å². The summed E-state index contributed by atoms with van der Waals surface area (Å²) in [6, 6.07) is 0.0956. The number of carbonyl (C=O) groups is 1. The summed E-state index contributed by atoms with van der Waals surface area (Å²) >= 11 is 1.35. The second-order valence-electron chi connectivity index (χ2n) is 6.07. The van der Waals surface area contributed by atoms with Crippen LogP contribution in [0, 0.1) is 5.92 Å². The molecule has 0 radical (unpaired) electrons. The first-order chi connectivity index (χ1) is 10.0. The lowest BCUT2D eigenvalue weighted by Crippen LogP contribution is -2.32. The van der Waals surface area contributed by atoms with Gasteiger partial charge in [-0.3, -0.25) is 4.79 Å². The van der Waals surface area contributed by atoms with Crippen molar-refractivity contribution in [3.63, 3.8) is 0 Å². The number of aromatic nitrogens is 1. The van der Waals surface area contributed by atoms with Gasteiger partial charge in [-0.25, -0.2) is 0 Å². The topological polar surface area (TPSA) is 71.2 Å². The summed E-state index contributed by atoms with van der Waals surface area (Å²) in [5, 5.41) is 3.85. The number of nitrogen functional groups attached to an aromatic ring is 1. The Morgan fingerprint density at radius 3 is 2.90 bits per heavy atom. The molecule has 1 amide bonds. The highest BCUT2D eigenvalue weighted by atomic mass is 32.1. The van der Waals surface area contributed by atoms with Crippen LogP contribution in [0.25, 0.3) is 0 Å². The molecule has 6 heteroatoms. The van der Waals surface area contributed by atoms with Gasteiger partial charge in [-0.05, 0) is 50.6 Å². The number of amides is 1. The maximum Gasteiger partial charge on any atom is 0.258 e. The molecular weight excluding hydrogens is 284 g/mol. The van der Waals surface area contributed by atoms with Gasteiger partial charge in [-0.15, -0.1) is 0 Å². The molecule has 1 aliphatic heterocycles. The Balaban J connectivity index is 2.18. The van der Waals surface area contributed by atoms with Crippen molar-refractivity contribution in [3.05, 3.63) is 5.56 Å². The van der Waals surface area contributed by atoms with Gasteiger partial charge in [0.15, 0.2) is 5.82 Å². The highest BCUT2D eigenvalue weighted by molar-refractivity contribution is 7.11. The predicted octanol–water partition coefficient (Wildman–Crippen LogP) is 2.88. The largest absolute Gasteiger partial charge is 0.382 e. The predicted molar refractivity (Wildman–Crippen MR) is 89.0 cm³/mol. The van der Waals surface area contributed by atoms with Gasteiger partial charge >= 0.3 is 0 Å². The van der Waals surface area contributed by atoms with Crippen molar-refractivity contribution in [2.45, 2.75) is 52.5 Å². The quantitative estimate of drug-likeness (QED) is 0.897. The fraction of sp³-hybridized carbons (Fsp3) is 0.733. The maximum absolute atomic E-state index is 12.4. The Kier molecular flexibility index (Phi) is 5.45. The van der Waals surface area contributed by atoms with Crippen LogP contribution in [0.1, 0.15) is 56.8 Å². The van der Waals surface area contributed by atoms with E-state index < -0.39 is 0 Å². The third kappa shape index (κ3) is 3.87. The SMILES string of the molecule is CCC1CCCN(c2snc(N)c2C(=O)NC(C)C)CC1. The van der Waals surface area contributed by atoms with Gasteiger partial charge in [-0.1, -0.05) is 13.3 Å². The van der Waals surface area contributed by atoms with Crippen LogP contribution >= 0.6 is 11.5 Å². The molecule has 0 spiro atoms. The first-order valence-electron chi connectivity index (χ1n) is 7.83. The van der Waals surface area contributed by atoms with E-state index in [1.54, 1.807) is 0 Å². The fourth-order valence-electron chi connectivity index (χ4n) is 2.83. The number of anilines is 2. The van der Waals surface area contributed by atoms with Crippen molar-refractivity contribution < 1.29 is 4.79 Å². The number of nitrogens with two attached hydrogens (primary N) is 1. The molecule has 2 heterocycles. The van der Waals surface area contributed by atoms with Gasteiger partial charge in [0.25, 0.3) is 5.91 Å². The lowest BCUT2D eigenvalue weighted by atomic mass is 9.98. The third-order valence-electron chi connectivity index (χ3n) is 4.06. The molecule has 1 aliphatic rings. The van der Waals surface area contributed by atoms with E-state index in [1.807, 2.05) is 13.8 Å². The molecule has 5 nitrogen and oxygen atoms in total. The Hall–Kier alpha value is -1.30. The summed E-state index contributed by atoms with van der Waals surface area (Å²) in [4.78, 5) is 14.6. The number of carbonyl (C=O) groups excluding carboxylic acids is 1. The summed E-state index contributed by atoms with van der Waals surface area (Å²) in [7, 11) is 0. The van der Waals surface area contributed by atoms with Crippen LogP contribution in [-0.2, 0) is 0 Å². The average Bonchev–Trinajstić information content (AvgIpc) is 2.67. The molecule has 1 aromatic rings. The van der Waals surface area contributed by atoms with Crippen LogP contribution in [0.15, 0.2) is 0 Å². The number of hydrogen-bond donors (Lipinski definition) is 2. The highest BCUT2D eigenvalue weighted by Gasteiger charge is 2.25. The van der Waals surface area contributed by atoms with Gasteiger partial charge in [0.2, 0.25) is 0 Å². The zero-order valence-electron chi connectivity index (χ0n) is 13.2. The van der Waals surface area contributed by atoms with Crippen molar-refractivity contribution in [3.8, 4) is 0 Å². The molecule has 1 saturated heterocycles. The standard InChI is InChI=1S/C15H26N4OS/c1-4-11-6-5-8-19(9-7-11)15-12(13(16)18-21-15)14(20)17-10(2)3/h10-11H,4-9H2,1-3H3,(H2,16,18)(H,17,20). The van der Waals surface area contributed by atoms with Crippen molar-refractivity contribution >= 4 is 28.3 Å². The Morgan fingerprint density at radius 2 is 2.24 bits per heavy atom. The second kappa shape index (κ2) is 7.11. The van der Waals surface area contributed by atoms with Gasteiger partial charge in [0.05, 0.1) is 0 Å². The summed E-state index contributed by atoms with van der Waals surface area (Å²) in [5.74, 6) is 1.04. The van der Waals surface area contributed by atoms with E-state index in [1.165, 1.54) is 37.2 Å². The molecule has 1 aromatic heterocycles. The summed E-state index contributed by atoms with van der Waals surface area (Å²) in [6.07, 6.45) is 4.86. The molecule has 0 bridgehead atoms.